The summed E-state index contributed by atoms with van der Waals surface area (Å²) in [7, 11) is 0. The lowest BCUT2D eigenvalue weighted by molar-refractivity contribution is -0.138. The van der Waals surface area contributed by atoms with Crippen LogP contribution in [0, 0.1) is 12.8 Å². The Balaban J connectivity index is 1.57. The molecule has 1 atom stereocenters. The van der Waals surface area contributed by atoms with Gasteiger partial charge in [0.15, 0.2) is 0 Å². The molecule has 2 amide bonds. The fourth-order valence-electron chi connectivity index (χ4n) is 4.11. The van der Waals surface area contributed by atoms with Gasteiger partial charge in [-0.05, 0) is 54.9 Å². The molecular weight excluding hydrogens is 396 g/mol. The minimum Gasteiger partial charge on any atom is -0.344 e. The first-order valence-electron chi connectivity index (χ1n) is 10.7. The second kappa shape index (κ2) is 10.1. The highest BCUT2D eigenvalue weighted by atomic mass is 35.5. The Labute approximate surface area is 184 Å². The van der Waals surface area contributed by atoms with E-state index in [-0.39, 0.29) is 24.2 Å². The van der Waals surface area contributed by atoms with Crippen molar-refractivity contribution in [2.45, 2.75) is 52.0 Å². The summed E-state index contributed by atoms with van der Waals surface area (Å²) in [6.45, 7) is 7.40. The zero-order valence-electron chi connectivity index (χ0n) is 18.0. The quantitative estimate of drug-likeness (QED) is 0.725. The summed E-state index contributed by atoms with van der Waals surface area (Å²) in [5.74, 6) is 0.397. The molecule has 2 aromatic rings. The molecule has 0 aromatic heterocycles. The average Bonchev–Trinajstić information content (AvgIpc) is 2.72. The molecule has 160 valence electrons. The molecule has 4 nitrogen and oxygen atoms in total. The molecule has 1 N–H and O–H groups in total. The van der Waals surface area contributed by atoms with Crippen molar-refractivity contribution in [3.05, 3.63) is 70.2 Å². The van der Waals surface area contributed by atoms with E-state index in [1.165, 1.54) is 5.56 Å². The van der Waals surface area contributed by atoms with Crippen LogP contribution in [0.3, 0.4) is 0 Å². The van der Waals surface area contributed by atoms with Gasteiger partial charge in [-0.2, -0.15) is 0 Å². The van der Waals surface area contributed by atoms with Gasteiger partial charge in [0.1, 0.15) is 6.04 Å². The number of aryl methyl sites for hydroxylation is 1. The molecule has 30 heavy (non-hydrogen) atoms. The lowest BCUT2D eigenvalue weighted by atomic mass is 9.89. The topological polar surface area (TPSA) is 49.4 Å². The maximum atomic E-state index is 13.2. The number of carbonyl (C=O) groups is 2. The van der Waals surface area contributed by atoms with Crippen LogP contribution in [0.2, 0.25) is 5.02 Å². The lowest BCUT2D eigenvalue weighted by Crippen LogP contribution is -2.53. The first-order valence-corrected chi connectivity index (χ1v) is 11.1. The minimum absolute atomic E-state index is 0.0251. The summed E-state index contributed by atoms with van der Waals surface area (Å²) in [5.41, 5.74) is 3.37. The number of piperidine rings is 1. The van der Waals surface area contributed by atoms with Gasteiger partial charge in [-0.1, -0.05) is 67.4 Å². The smallest absolute Gasteiger partial charge is 0.245 e. The molecule has 0 aliphatic carbocycles. The number of amides is 2. The monoisotopic (exact) mass is 426 g/mol. The Bertz CT molecular complexity index is 871. The standard InChI is InChI=1S/C25H31ClN2O2/c1-17(2)24(27-23(29)16-19-6-4-5-18(3)15-19)25(30)28-13-11-21(12-14-28)20-7-9-22(26)10-8-20/h4-10,15,17,21,24H,11-14,16H2,1-3H3,(H,27,29)/t24-/m1/s1. The van der Waals surface area contributed by atoms with E-state index in [1.807, 2.05) is 62.1 Å². The van der Waals surface area contributed by atoms with Gasteiger partial charge in [-0.3, -0.25) is 9.59 Å². The van der Waals surface area contributed by atoms with Crippen molar-refractivity contribution in [2.24, 2.45) is 5.92 Å². The predicted octanol–water partition coefficient (Wildman–Crippen LogP) is 4.74. The first kappa shape index (κ1) is 22.4. The number of benzene rings is 2. The molecule has 1 aliphatic heterocycles. The molecule has 0 bridgehead atoms. The van der Waals surface area contributed by atoms with Crippen LogP contribution in [0.1, 0.15) is 49.3 Å². The van der Waals surface area contributed by atoms with Gasteiger partial charge in [0, 0.05) is 18.1 Å². The van der Waals surface area contributed by atoms with E-state index in [0.717, 1.165) is 29.0 Å². The molecular formula is C25H31ClN2O2. The third kappa shape index (κ3) is 5.85. The molecule has 0 unspecified atom stereocenters. The summed E-state index contributed by atoms with van der Waals surface area (Å²) >= 11 is 5.99. The molecule has 0 spiro atoms. The van der Waals surface area contributed by atoms with E-state index in [2.05, 4.69) is 17.4 Å². The number of hydrogen-bond acceptors (Lipinski definition) is 2. The fraction of sp³-hybridized carbons (Fsp3) is 0.440. The van der Waals surface area contributed by atoms with Crippen LogP contribution in [0.25, 0.3) is 0 Å². The van der Waals surface area contributed by atoms with Gasteiger partial charge in [-0.25, -0.2) is 0 Å². The highest BCUT2D eigenvalue weighted by Gasteiger charge is 2.31. The van der Waals surface area contributed by atoms with Crippen molar-refractivity contribution in [1.82, 2.24) is 10.2 Å². The summed E-state index contributed by atoms with van der Waals surface area (Å²) in [5, 5.41) is 3.73. The molecule has 3 rings (SSSR count). The maximum Gasteiger partial charge on any atom is 0.245 e. The van der Waals surface area contributed by atoms with Crippen LogP contribution in [0.4, 0.5) is 0 Å². The van der Waals surface area contributed by atoms with Crippen molar-refractivity contribution in [1.29, 1.82) is 0 Å². The maximum absolute atomic E-state index is 13.2. The van der Waals surface area contributed by atoms with Crippen LogP contribution in [0.15, 0.2) is 48.5 Å². The summed E-state index contributed by atoms with van der Waals surface area (Å²) in [6, 6.07) is 15.4. The van der Waals surface area contributed by atoms with Gasteiger partial charge in [0.2, 0.25) is 11.8 Å². The molecule has 0 radical (unpaired) electrons. The molecule has 1 heterocycles. The second-order valence-corrected chi connectivity index (χ2v) is 9.04. The number of nitrogens with zero attached hydrogens (tertiary/aromatic N) is 1. The number of nitrogens with one attached hydrogen (secondary N) is 1. The van der Waals surface area contributed by atoms with Crippen molar-refractivity contribution < 1.29 is 9.59 Å². The Kier molecular flexibility index (Phi) is 7.54. The second-order valence-electron chi connectivity index (χ2n) is 8.61. The van der Waals surface area contributed by atoms with Crippen LogP contribution < -0.4 is 5.32 Å². The van der Waals surface area contributed by atoms with E-state index in [9.17, 15) is 9.59 Å². The van der Waals surface area contributed by atoms with Crippen LogP contribution >= 0.6 is 11.6 Å². The number of carbonyl (C=O) groups excluding carboxylic acids is 2. The molecule has 2 aromatic carbocycles. The third-order valence-electron chi connectivity index (χ3n) is 5.84. The van der Waals surface area contributed by atoms with Crippen LogP contribution in [-0.2, 0) is 16.0 Å². The van der Waals surface area contributed by atoms with E-state index in [0.29, 0.717) is 19.0 Å². The predicted molar refractivity (Wildman–Crippen MR) is 122 cm³/mol. The SMILES string of the molecule is Cc1cccc(CC(=O)N[C@@H](C(=O)N2CCC(c3ccc(Cl)cc3)CC2)C(C)C)c1. The van der Waals surface area contributed by atoms with Crippen LogP contribution in [-0.4, -0.2) is 35.8 Å². The normalized spacial score (nSPS) is 15.8. The van der Waals surface area contributed by atoms with Gasteiger partial charge >= 0.3 is 0 Å². The highest BCUT2D eigenvalue weighted by Crippen LogP contribution is 2.29. The largest absolute Gasteiger partial charge is 0.344 e. The van der Waals surface area contributed by atoms with Crippen LogP contribution in [0.5, 0.6) is 0 Å². The van der Waals surface area contributed by atoms with Gasteiger partial charge in [0.25, 0.3) is 0 Å². The van der Waals surface area contributed by atoms with Crippen molar-refractivity contribution in [3.63, 3.8) is 0 Å². The van der Waals surface area contributed by atoms with Crippen molar-refractivity contribution >= 4 is 23.4 Å². The van der Waals surface area contributed by atoms with E-state index in [4.69, 9.17) is 11.6 Å². The minimum atomic E-state index is -0.491. The number of likely N-dealkylation sites (tertiary alicyclic amines) is 1. The van der Waals surface area contributed by atoms with E-state index >= 15 is 0 Å². The zero-order valence-corrected chi connectivity index (χ0v) is 18.8. The molecule has 1 aliphatic rings. The molecule has 1 saturated heterocycles. The fourth-order valence-corrected chi connectivity index (χ4v) is 4.24. The Morgan fingerprint density at radius 1 is 1.10 bits per heavy atom. The van der Waals surface area contributed by atoms with E-state index in [1.54, 1.807) is 0 Å². The van der Waals surface area contributed by atoms with Gasteiger partial charge in [0.05, 0.1) is 6.42 Å². The molecule has 5 heteroatoms. The number of rotatable bonds is 6. The van der Waals surface area contributed by atoms with Gasteiger partial charge in [-0.15, -0.1) is 0 Å². The van der Waals surface area contributed by atoms with E-state index < -0.39 is 6.04 Å². The lowest BCUT2D eigenvalue weighted by Gasteiger charge is -2.35. The average molecular weight is 427 g/mol. The third-order valence-corrected chi connectivity index (χ3v) is 6.10. The number of hydrogen-bond donors (Lipinski definition) is 1. The zero-order chi connectivity index (χ0) is 21.7. The Morgan fingerprint density at radius 2 is 1.77 bits per heavy atom. The summed E-state index contributed by atoms with van der Waals surface area (Å²) < 4.78 is 0. The molecule has 1 fully saturated rings. The summed E-state index contributed by atoms with van der Waals surface area (Å²) in [6.07, 6.45) is 2.14. The van der Waals surface area contributed by atoms with Crippen molar-refractivity contribution in [3.8, 4) is 0 Å². The Hall–Kier alpha value is -2.33. The first-order chi connectivity index (χ1) is 14.3. The summed E-state index contributed by atoms with van der Waals surface area (Å²) in [4.78, 5) is 27.7. The number of halogens is 1. The van der Waals surface area contributed by atoms with Crippen molar-refractivity contribution in [2.75, 3.05) is 13.1 Å². The van der Waals surface area contributed by atoms with Gasteiger partial charge < -0.3 is 10.2 Å². The highest BCUT2D eigenvalue weighted by molar-refractivity contribution is 6.30. The molecule has 0 saturated carbocycles. The Morgan fingerprint density at radius 3 is 2.37 bits per heavy atom.